The van der Waals surface area contributed by atoms with Crippen LogP contribution in [0.5, 0.6) is 11.6 Å². The minimum atomic E-state index is -0.191. The number of hydrogen-bond donors (Lipinski definition) is 1. The minimum absolute atomic E-state index is 0.191. The highest BCUT2D eigenvalue weighted by atomic mass is 16.5. The number of nitrogens with two attached hydrogens (primary N) is 1. The molecule has 2 aromatic rings. The van der Waals surface area contributed by atoms with Crippen molar-refractivity contribution in [3.63, 3.8) is 0 Å². The molecule has 0 amide bonds. The molecule has 1 heterocycles. The zero-order chi connectivity index (χ0) is 13.0. The number of rotatable bonds is 4. The van der Waals surface area contributed by atoms with Gasteiger partial charge < -0.3 is 10.5 Å². The van der Waals surface area contributed by atoms with Gasteiger partial charge in [-0.25, -0.2) is 4.98 Å². The van der Waals surface area contributed by atoms with Gasteiger partial charge in [0.25, 0.3) is 0 Å². The molecule has 0 aliphatic rings. The molecule has 3 heteroatoms. The lowest BCUT2D eigenvalue weighted by Crippen LogP contribution is -2.34. The lowest BCUT2D eigenvalue weighted by Gasteiger charge is -2.18. The monoisotopic (exact) mass is 242 g/mol. The predicted octanol–water partition coefficient (Wildman–Crippen LogP) is 3.15. The second kappa shape index (κ2) is 5.19. The number of hydrogen-bond acceptors (Lipinski definition) is 3. The average Bonchev–Trinajstić information content (AvgIpc) is 2.31. The van der Waals surface area contributed by atoms with E-state index in [1.807, 2.05) is 56.3 Å². The maximum atomic E-state index is 5.99. The summed E-state index contributed by atoms with van der Waals surface area (Å²) in [6.07, 6.45) is 2.55. The summed E-state index contributed by atoms with van der Waals surface area (Å²) >= 11 is 0. The van der Waals surface area contributed by atoms with Gasteiger partial charge in [0.1, 0.15) is 5.75 Å². The Morgan fingerprint density at radius 1 is 1.11 bits per heavy atom. The van der Waals surface area contributed by atoms with Gasteiger partial charge in [-0.1, -0.05) is 18.2 Å². The highest BCUT2D eigenvalue weighted by Gasteiger charge is 2.11. The quantitative estimate of drug-likeness (QED) is 0.896. The number of nitrogens with zero attached hydrogens (tertiary/aromatic N) is 1. The van der Waals surface area contributed by atoms with Crippen molar-refractivity contribution in [3.05, 3.63) is 54.2 Å². The van der Waals surface area contributed by atoms with E-state index in [2.05, 4.69) is 4.98 Å². The molecule has 0 radical (unpaired) electrons. The fraction of sp³-hybridized carbons (Fsp3) is 0.267. The maximum Gasteiger partial charge on any atom is 0.219 e. The summed E-state index contributed by atoms with van der Waals surface area (Å²) in [5.41, 5.74) is 7.00. The van der Waals surface area contributed by atoms with Crippen LogP contribution >= 0.6 is 0 Å². The Hall–Kier alpha value is -1.87. The standard InChI is InChI=1S/C15H18N2O/c1-15(2,16)11-12-6-8-13(9-7-12)18-14-5-3-4-10-17-14/h3-10H,11,16H2,1-2H3. The molecule has 0 bridgehead atoms. The summed E-state index contributed by atoms with van der Waals surface area (Å²) in [6.45, 7) is 4.04. The Morgan fingerprint density at radius 3 is 2.39 bits per heavy atom. The number of pyridine rings is 1. The van der Waals surface area contributed by atoms with E-state index in [9.17, 15) is 0 Å². The van der Waals surface area contributed by atoms with Crippen molar-refractivity contribution in [3.8, 4) is 11.6 Å². The van der Waals surface area contributed by atoms with E-state index < -0.39 is 0 Å². The van der Waals surface area contributed by atoms with E-state index in [1.165, 1.54) is 5.56 Å². The van der Waals surface area contributed by atoms with Crippen molar-refractivity contribution < 1.29 is 4.74 Å². The van der Waals surface area contributed by atoms with E-state index in [1.54, 1.807) is 6.20 Å². The van der Waals surface area contributed by atoms with Crippen LogP contribution in [0.25, 0.3) is 0 Å². The summed E-state index contributed by atoms with van der Waals surface area (Å²) in [5, 5.41) is 0. The normalized spacial score (nSPS) is 11.3. The predicted molar refractivity (Wildman–Crippen MR) is 72.7 cm³/mol. The van der Waals surface area contributed by atoms with Gasteiger partial charge in [-0.3, -0.25) is 0 Å². The molecule has 0 saturated heterocycles. The van der Waals surface area contributed by atoms with Crippen LogP contribution in [0.4, 0.5) is 0 Å². The van der Waals surface area contributed by atoms with Crippen LogP contribution in [0.2, 0.25) is 0 Å². The Labute approximate surface area is 108 Å². The van der Waals surface area contributed by atoms with Crippen molar-refractivity contribution in [1.29, 1.82) is 0 Å². The molecule has 2 N–H and O–H groups in total. The minimum Gasteiger partial charge on any atom is -0.439 e. The molecular weight excluding hydrogens is 224 g/mol. The van der Waals surface area contributed by atoms with Crippen molar-refractivity contribution >= 4 is 0 Å². The van der Waals surface area contributed by atoms with Gasteiger partial charge in [0.15, 0.2) is 0 Å². The molecule has 0 atom stereocenters. The molecule has 0 fully saturated rings. The molecule has 0 aliphatic carbocycles. The number of aromatic nitrogens is 1. The first-order chi connectivity index (χ1) is 8.53. The van der Waals surface area contributed by atoms with Gasteiger partial charge in [-0.2, -0.15) is 0 Å². The lowest BCUT2D eigenvalue weighted by molar-refractivity contribution is 0.462. The summed E-state index contributed by atoms with van der Waals surface area (Å²) in [6, 6.07) is 13.5. The van der Waals surface area contributed by atoms with E-state index in [0.29, 0.717) is 5.88 Å². The summed E-state index contributed by atoms with van der Waals surface area (Å²) in [4.78, 5) is 4.11. The highest BCUT2D eigenvalue weighted by molar-refractivity contribution is 5.31. The fourth-order valence-corrected chi connectivity index (χ4v) is 1.73. The fourth-order valence-electron chi connectivity index (χ4n) is 1.73. The van der Waals surface area contributed by atoms with Gasteiger partial charge in [-0.05, 0) is 44.0 Å². The van der Waals surface area contributed by atoms with Gasteiger partial charge in [-0.15, -0.1) is 0 Å². The molecular formula is C15H18N2O. The number of benzene rings is 1. The van der Waals surface area contributed by atoms with Crippen molar-refractivity contribution in [1.82, 2.24) is 4.98 Å². The van der Waals surface area contributed by atoms with Gasteiger partial charge in [0.2, 0.25) is 5.88 Å². The van der Waals surface area contributed by atoms with Gasteiger partial charge in [0, 0.05) is 17.8 Å². The lowest BCUT2D eigenvalue weighted by atomic mass is 9.96. The molecule has 18 heavy (non-hydrogen) atoms. The topological polar surface area (TPSA) is 48.1 Å². The van der Waals surface area contributed by atoms with Crippen molar-refractivity contribution in [2.45, 2.75) is 25.8 Å². The third-order valence-corrected chi connectivity index (χ3v) is 2.44. The van der Waals surface area contributed by atoms with Crippen LogP contribution < -0.4 is 10.5 Å². The third kappa shape index (κ3) is 3.86. The Balaban J connectivity index is 2.04. The van der Waals surface area contributed by atoms with Crippen LogP contribution in [0.15, 0.2) is 48.7 Å². The van der Waals surface area contributed by atoms with Crippen molar-refractivity contribution in [2.24, 2.45) is 5.73 Å². The van der Waals surface area contributed by atoms with Crippen LogP contribution in [0.3, 0.4) is 0 Å². The first-order valence-electron chi connectivity index (χ1n) is 6.00. The van der Waals surface area contributed by atoms with E-state index in [0.717, 1.165) is 12.2 Å². The zero-order valence-electron chi connectivity index (χ0n) is 10.8. The Kier molecular flexibility index (Phi) is 3.63. The van der Waals surface area contributed by atoms with Gasteiger partial charge in [0.05, 0.1) is 0 Å². The molecule has 0 aliphatic heterocycles. The summed E-state index contributed by atoms with van der Waals surface area (Å²) < 4.78 is 5.62. The third-order valence-electron chi connectivity index (χ3n) is 2.44. The second-order valence-electron chi connectivity index (χ2n) is 5.08. The molecule has 1 aromatic carbocycles. The SMILES string of the molecule is CC(C)(N)Cc1ccc(Oc2ccccn2)cc1. The first kappa shape index (κ1) is 12.6. The summed E-state index contributed by atoms with van der Waals surface area (Å²) in [5.74, 6) is 1.39. The number of ether oxygens (including phenoxy) is 1. The van der Waals surface area contributed by atoms with E-state index in [4.69, 9.17) is 10.5 Å². The molecule has 94 valence electrons. The van der Waals surface area contributed by atoms with E-state index in [-0.39, 0.29) is 5.54 Å². The summed E-state index contributed by atoms with van der Waals surface area (Å²) in [7, 11) is 0. The largest absolute Gasteiger partial charge is 0.439 e. The molecule has 0 unspecified atom stereocenters. The molecule has 1 aromatic heterocycles. The Bertz CT molecular complexity index is 486. The molecule has 3 nitrogen and oxygen atoms in total. The van der Waals surface area contributed by atoms with Crippen LogP contribution in [-0.2, 0) is 6.42 Å². The maximum absolute atomic E-state index is 5.99. The molecule has 0 spiro atoms. The van der Waals surface area contributed by atoms with Crippen LogP contribution in [0.1, 0.15) is 19.4 Å². The van der Waals surface area contributed by atoms with E-state index >= 15 is 0 Å². The smallest absolute Gasteiger partial charge is 0.219 e. The molecule has 0 saturated carbocycles. The average molecular weight is 242 g/mol. The van der Waals surface area contributed by atoms with Gasteiger partial charge >= 0.3 is 0 Å². The molecule has 2 rings (SSSR count). The highest BCUT2D eigenvalue weighted by Crippen LogP contribution is 2.20. The first-order valence-corrected chi connectivity index (χ1v) is 6.00. The second-order valence-corrected chi connectivity index (χ2v) is 5.08. The Morgan fingerprint density at radius 2 is 1.83 bits per heavy atom. The van der Waals surface area contributed by atoms with Crippen LogP contribution in [-0.4, -0.2) is 10.5 Å². The van der Waals surface area contributed by atoms with Crippen molar-refractivity contribution in [2.75, 3.05) is 0 Å². The zero-order valence-corrected chi connectivity index (χ0v) is 10.8. The van der Waals surface area contributed by atoms with Crippen LogP contribution in [0, 0.1) is 0 Å².